The topological polar surface area (TPSA) is 178 Å². The summed E-state index contributed by atoms with van der Waals surface area (Å²) in [6.07, 6.45) is 0. The highest BCUT2D eigenvalue weighted by Gasteiger charge is 2.25. The number of nitriles is 1. The number of fused-ring (bicyclic) bond motifs is 1. The van der Waals surface area contributed by atoms with Crippen LogP contribution in [0.25, 0.3) is 21.3 Å². The van der Waals surface area contributed by atoms with Crippen LogP contribution in [0.1, 0.15) is 26.6 Å². The number of nitrogen functional groups attached to an aromatic ring is 2. The van der Waals surface area contributed by atoms with Crippen molar-refractivity contribution < 1.29 is 17.7 Å². The summed E-state index contributed by atoms with van der Waals surface area (Å²) in [6, 6.07) is 18.1. The Bertz CT molecular complexity index is 1820. The van der Waals surface area contributed by atoms with Crippen LogP contribution in [-0.4, -0.2) is 24.3 Å². The standard InChI is InChI=1S/C25H18N6O4S2/c1-13-11-18(30-35-13)31-37(33,34)16-9-7-15(8-10-16)22(32)23-21(27)20-19(14-5-3-2-4-6-14)17(12-26)24(28)29-25(20)36-23/h2-11H,27H2,1H3,(H2,28,29)(H,30,31). The van der Waals surface area contributed by atoms with E-state index in [0.717, 1.165) is 11.3 Å². The summed E-state index contributed by atoms with van der Waals surface area (Å²) in [5.74, 6) is 0.126. The number of hydrogen-bond acceptors (Lipinski definition) is 10. The molecule has 0 saturated carbocycles. The van der Waals surface area contributed by atoms with E-state index in [0.29, 0.717) is 27.1 Å². The van der Waals surface area contributed by atoms with E-state index >= 15 is 0 Å². The van der Waals surface area contributed by atoms with Gasteiger partial charge in [0.15, 0.2) is 5.82 Å². The molecule has 0 spiro atoms. The lowest BCUT2D eigenvalue weighted by Crippen LogP contribution is -2.13. The third-order valence-corrected chi connectivity index (χ3v) is 8.05. The number of thiophene rings is 1. The van der Waals surface area contributed by atoms with Gasteiger partial charge < -0.3 is 16.0 Å². The number of carbonyl (C=O) groups excluding carboxylic acids is 1. The summed E-state index contributed by atoms with van der Waals surface area (Å²) in [7, 11) is -3.94. The minimum Gasteiger partial charge on any atom is -0.397 e. The minimum atomic E-state index is -3.94. The molecule has 5 aromatic rings. The molecule has 12 heteroatoms. The molecule has 37 heavy (non-hydrogen) atoms. The Labute approximate surface area is 215 Å². The maximum atomic E-state index is 13.4. The molecule has 3 heterocycles. The first-order valence-corrected chi connectivity index (χ1v) is 13.1. The molecule has 0 atom stereocenters. The number of hydrogen-bond donors (Lipinski definition) is 3. The summed E-state index contributed by atoms with van der Waals surface area (Å²) in [4.78, 5) is 18.3. The first-order chi connectivity index (χ1) is 17.7. The van der Waals surface area contributed by atoms with E-state index in [2.05, 4.69) is 20.9 Å². The fraction of sp³-hybridized carbons (Fsp3) is 0.0400. The molecule has 3 aromatic heterocycles. The van der Waals surface area contributed by atoms with Gasteiger partial charge in [-0.3, -0.25) is 9.52 Å². The van der Waals surface area contributed by atoms with Gasteiger partial charge in [0.2, 0.25) is 5.78 Å². The van der Waals surface area contributed by atoms with Gasteiger partial charge >= 0.3 is 0 Å². The minimum absolute atomic E-state index is 0.0402. The maximum absolute atomic E-state index is 13.4. The number of aromatic nitrogens is 2. The Morgan fingerprint density at radius 3 is 2.43 bits per heavy atom. The molecule has 0 unspecified atom stereocenters. The molecule has 184 valence electrons. The SMILES string of the molecule is Cc1cc(NS(=O)(=O)c2ccc(C(=O)c3sc4nc(N)c(C#N)c(-c5ccccc5)c4c3N)cc2)no1. The fourth-order valence-corrected chi connectivity index (χ4v) is 5.93. The molecule has 5 N–H and O–H groups in total. The van der Waals surface area contributed by atoms with E-state index in [4.69, 9.17) is 16.0 Å². The molecular weight excluding hydrogens is 512 g/mol. The van der Waals surface area contributed by atoms with Gasteiger partial charge in [0.1, 0.15) is 32.9 Å². The molecule has 0 aliphatic carbocycles. The highest BCUT2D eigenvalue weighted by molar-refractivity contribution is 7.92. The van der Waals surface area contributed by atoms with Crippen LogP contribution in [0.3, 0.4) is 0 Å². The highest BCUT2D eigenvalue weighted by Crippen LogP contribution is 2.43. The van der Waals surface area contributed by atoms with Crippen molar-refractivity contribution in [2.75, 3.05) is 16.2 Å². The van der Waals surface area contributed by atoms with Crippen molar-refractivity contribution in [1.29, 1.82) is 5.26 Å². The molecule has 0 aliphatic rings. The number of anilines is 3. The Morgan fingerprint density at radius 1 is 1.11 bits per heavy atom. The van der Waals surface area contributed by atoms with Crippen molar-refractivity contribution in [1.82, 2.24) is 10.1 Å². The van der Waals surface area contributed by atoms with Gasteiger partial charge in [0.25, 0.3) is 10.0 Å². The lowest BCUT2D eigenvalue weighted by Gasteiger charge is -2.09. The van der Waals surface area contributed by atoms with Crippen LogP contribution in [-0.2, 0) is 10.0 Å². The first-order valence-electron chi connectivity index (χ1n) is 10.8. The number of benzene rings is 2. The fourth-order valence-electron chi connectivity index (χ4n) is 3.87. The van der Waals surface area contributed by atoms with Gasteiger partial charge in [-0.15, -0.1) is 11.3 Å². The Balaban J connectivity index is 1.54. The Hall–Kier alpha value is -4.73. The van der Waals surface area contributed by atoms with E-state index < -0.39 is 15.8 Å². The normalized spacial score (nSPS) is 11.4. The largest absolute Gasteiger partial charge is 0.397 e. The quantitative estimate of drug-likeness (QED) is 0.269. The van der Waals surface area contributed by atoms with Crippen LogP contribution in [0.5, 0.6) is 0 Å². The zero-order valence-corrected chi connectivity index (χ0v) is 20.9. The third-order valence-electron chi connectivity index (χ3n) is 5.58. The predicted molar refractivity (Wildman–Crippen MR) is 141 cm³/mol. The van der Waals surface area contributed by atoms with E-state index in [9.17, 15) is 18.5 Å². The summed E-state index contributed by atoms with van der Waals surface area (Å²) >= 11 is 1.06. The van der Waals surface area contributed by atoms with Crippen LogP contribution in [0.15, 0.2) is 70.1 Å². The molecule has 10 nitrogen and oxygen atoms in total. The molecule has 0 amide bonds. The van der Waals surface area contributed by atoms with Crippen molar-refractivity contribution >= 4 is 54.7 Å². The van der Waals surface area contributed by atoms with E-state index in [1.165, 1.54) is 30.3 Å². The molecule has 0 radical (unpaired) electrons. The number of nitrogens with two attached hydrogens (primary N) is 2. The molecule has 0 aliphatic heterocycles. The zero-order chi connectivity index (χ0) is 26.3. The summed E-state index contributed by atoms with van der Waals surface area (Å²) in [6.45, 7) is 1.64. The van der Waals surface area contributed by atoms with E-state index in [1.807, 2.05) is 30.3 Å². The van der Waals surface area contributed by atoms with Crippen LogP contribution in [0.2, 0.25) is 0 Å². The van der Waals surface area contributed by atoms with Gasteiger partial charge in [-0.25, -0.2) is 13.4 Å². The van der Waals surface area contributed by atoms with E-state index in [1.54, 1.807) is 6.92 Å². The van der Waals surface area contributed by atoms with Crippen molar-refractivity contribution in [3.8, 4) is 17.2 Å². The second-order valence-corrected chi connectivity index (χ2v) is 10.7. The van der Waals surface area contributed by atoms with Crippen LogP contribution < -0.4 is 16.2 Å². The average molecular weight is 531 g/mol. The summed E-state index contributed by atoms with van der Waals surface area (Å²) < 4.78 is 32.5. The number of rotatable bonds is 6. The van der Waals surface area contributed by atoms with Gasteiger partial charge in [-0.1, -0.05) is 35.5 Å². The second-order valence-electron chi connectivity index (χ2n) is 8.03. The number of ketones is 1. The van der Waals surface area contributed by atoms with Crippen LogP contribution in [0.4, 0.5) is 17.3 Å². The molecule has 0 bridgehead atoms. The molecule has 0 saturated heterocycles. The third kappa shape index (κ3) is 4.26. The molecule has 5 rings (SSSR count). The molecule has 2 aromatic carbocycles. The smallest absolute Gasteiger partial charge is 0.263 e. The average Bonchev–Trinajstić information content (AvgIpc) is 3.44. The maximum Gasteiger partial charge on any atom is 0.263 e. The lowest BCUT2D eigenvalue weighted by atomic mass is 9.97. The number of sulfonamides is 1. The van der Waals surface area contributed by atoms with E-state index in [-0.39, 0.29) is 38.2 Å². The van der Waals surface area contributed by atoms with Crippen LogP contribution in [0, 0.1) is 18.3 Å². The number of nitrogens with zero attached hydrogens (tertiary/aromatic N) is 3. The number of aryl methyl sites for hydroxylation is 1. The monoisotopic (exact) mass is 530 g/mol. The van der Waals surface area contributed by atoms with Crippen molar-refractivity contribution in [3.63, 3.8) is 0 Å². The molecular formula is C25H18N6O4S2. The van der Waals surface area contributed by atoms with Crippen molar-refractivity contribution in [2.24, 2.45) is 0 Å². The highest BCUT2D eigenvalue weighted by atomic mass is 32.2. The van der Waals surface area contributed by atoms with Gasteiger partial charge in [0.05, 0.1) is 10.6 Å². The lowest BCUT2D eigenvalue weighted by molar-refractivity contribution is 0.104. The second kappa shape index (κ2) is 9.05. The van der Waals surface area contributed by atoms with Crippen molar-refractivity contribution in [3.05, 3.63) is 82.4 Å². The number of pyridine rings is 1. The van der Waals surface area contributed by atoms with Gasteiger partial charge in [0, 0.05) is 22.6 Å². The predicted octanol–water partition coefficient (Wildman–Crippen LogP) is 4.33. The number of carbonyl (C=O) groups is 1. The zero-order valence-electron chi connectivity index (χ0n) is 19.2. The summed E-state index contributed by atoms with van der Waals surface area (Å²) in [5, 5.41) is 13.8. The van der Waals surface area contributed by atoms with Gasteiger partial charge in [-0.05, 0) is 36.8 Å². The first kappa shape index (κ1) is 24.0. The summed E-state index contributed by atoms with van der Waals surface area (Å²) in [5.41, 5.74) is 14.3. The molecule has 0 fully saturated rings. The Morgan fingerprint density at radius 2 is 1.81 bits per heavy atom. The Kier molecular flexibility index (Phi) is 5.87. The van der Waals surface area contributed by atoms with Crippen LogP contribution >= 0.6 is 11.3 Å². The van der Waals surface area contributed by atoms with Crippen molar-refractivity contribution in [2.45, 2.75) is 11.8 Å². The van der Waals surface area contributed by atoms with Gasteiger partial charge in [-0.2, -0.15) is 5.26 Å². The number of nitrogens with one attached hydrogen (secondary N) is 1.